The average molecular weight is 238 g/mol. The van der Waals surface area contributed by atoms with Gasteiger partial charge in [-0.25, -0.2) is 0 Å². The fourth-order valence-electron chi connectivity index (χ4n) is 2.24. The second-order valence-electron chi connectivity index (χ2n) is 4.22. The smallest absolute Gasteiger partial charge is 0.224 e. The third-order valence-corrected chi connectivity index (χ3v) is 3.31. The van der Waals surface area contributed by atoms with Crippen LogP contribution < -0.4 is 5.32 Å². The number of rotatable bonds is 4. The number of fused-ring (bicyclic) bond motifs is 1. The molecule has 1 aromatic rings. The van der Waals surface area contributed by atoms with Crippen molar-refractivity contribution in [1.82, 2.24) is 0 Å². The van der Waals surface area contributed by atoms with Gasteiger partial charge >= 0.3 is 0 Å². The van der Waals surface area contributed by atoms with Crippen molar-refractivity contribution in [3.8, 4) is 0 Å². The summed E-state index contributed by atoms with van der Waals surface area (Å²) >= 11 is 5.67. The third-order valence-electron chi connectivity index (χ3n) is 3.04. The van der Waals surface area contributed by atoms with Crippen molar-refractivity contribution < 1.29 is 4.79 Å². The normalized spacial score (nSPS) is 19.1. The summed E-state index contributed by atoms with van der Waals surface area (Å²) in [6, 6.07) is 8.08. The molecule has 1 atom stereocenters. The van der Waals surface area contributed by atoms with Gasteiger partial charge in [-0.2, -0.15) is 0 Å². The SMILES string of the molecule is O=C1CC(CCCCCl)c2ccccc2N1. The van der Waals surface area contributed by atoms with Crippen molar-refractivity contribution in [3.05, 3.63) is 29.8 Å². The summed E-state index contributed by atoms with van der Waals surface area (Å²) in [5, 5.41) is 2.92. The number of benzene rings is 1. The lowest BCUT2D eigenvalue weighted by Crippen LogP contribution is -2.22. The minimum atomic E-state index is 0.134. The molecular weight excluding hydrogens is 222 g/mol. The van der Waals surface area contributed by atoms with E-state index in [-0.39, 0.29) is 5.91 Å². The van der Waals surface area contributed by atoms with Crippen LogP contribution >= 0.6 is 11.6 Å². The van der Waals surface area contributed by atoms with Crippen LogP contribution in [0.15, 0.2) is 24.3 Å². The zero-order chi connectivity index (χ0) is 11.4. The number of hydrogen-bond donors (Lipinski definition) is 1. The first-order chi connectivity index (χ1) is 7.81. The van der Waals surface area contributed by atoms with E-state index < -0.39 is 0 Å². The molecule has 86 valence electrons. The Bertz CT molecular complexity index is 378. The van der Waals surface area contributed by atoms with Gasteiger partial charge in [0.05, 0.1) is 0 Å². The second-order valence-corrected chi connectivity index (χ2v) is 4.60. The van der Waals surface area contributed by atoms with Crippen LogP contribution in [0.2, 0.25) is 0 Å². The summed E-state index contributed by atoms with van der Waals surface area (Å²) in [7, 11) is 0. The number of nitrogens with one attached hydrogen (secondary N) is 1. The standard InChI is InChI=1S/C13H16ClNO/c14-8-4-3-5-10-9-13(16)15-12-7-2-1-6-11(10)12/h1-2,6-7,10H,3-5,8-9H2,(H,15,16). The van der Waals surface area contributed by atoms with Crippen molar-refractivity contribution in [2.24, 2.45) is 0 Å². The van der Waals surface area contributed by atoms with E-state index in [0.29, 0.717) is 18.2 Å². The van der Waals surface area contributed by atoms with Crippen LogP contribution in [-0.4, -0.2) is 11.8 Å². The highest BCUT2D eigenvalue weighted by molar-refractivity contribution is 6.17. The number of carbonyl (C=O) groups is 1. The van der Waals surface area contributed by atoms with Crippen LogP contribution in [0.25, 0.3) is 0 Å². The molecule has 1 aliphatic heterocycles. The van der Waals surface area contributed by atoms with Gasteiger partial charge in [-0.1, -0.05) is 24.6 Å². The molecule has 2 rings (SSSR count). The Kier molecular flexibility index (Phi) is 3.83. The Morgan fingerprint density at radius 2 is 2.12 bits per heavy atom. The largest absolute Gasteiger partial charge is 0.326 e. The number of para-hydroxylation sites is 1. The summed E-state index contributed by atoms with van der Waals surface area (Å²) in [5.74, 6) is 1.21. The summed E-state index contributed by atoms with van der Waals surface area (Å²) in [6.45, 7) is 0. The van der Waals surface area contributed by atoms with E-state index in [2.05, 4.69) is 11.4 Å². The van der Waals surface area contributed by atoms with Crippen LogP contribution in [0.1, 0.15) is 37.2 Å². The van der Waals surface area contributed by atoms with Gasteiger partial charge in [0.2, 0.25) is 5.91 Å². The Morgan fingerprint density at radius 3 is 2.94 bits per heavy atom. The summed E-state index contributed by atoms with van der Waals surface area (Å²) in [4.78, 5) is 11.5. The molecule has 0 bridgehead atoms. The molecule has 0 aromatic heterocycles. The van der Waals surface area contributed by atoms with Crippen molar-refractivity contribution >= 4 is 23.2 Å². The molecule has 0 spiro atoms. The van der Waals surface area contributed by atoms with Crippen LogP contribution in [0.5, 0.6) is 0 Å². The number of halogens is 1. The molecule has 0 radical (unpaired) electrons. The average Bonchev–Trinajstić information content (AvgIpc) is 2.29. The molecule has 0 fully saturated rings. The molecule has 1 unspecified atom stereocenters. The van der Waals surface area contributed by atoms with E-state index in [0.717, 1.165) is 24.9 Å². The fraction of sp³-hybridized carbons (Fsp3) is 0.462. The Labute approximate surface area is 101 Å². The van der Waals surface area contributed by atoms with Crippen LogP contribution in [-0.2, 0) is 4.79 Å². The number of unbranched alkanes of at least 4 members (excludes halogenated alkanes) is 1. The van der Waals surface area contributed by atoms with Gasteiger partial charge in [-0.3, -0.25) is 4.79 Å². The lowest BCUT2D eigenvalue weighted by Gasteiger charge is -2.25. The molecule has 3 heteroatoms. The molecule has 1 amide bonds. The van der Waals surface area contributed by atoms with Crippen LogP contribution in [0.4, 0.5) is 5.69 Å². The number of hydrogen-bond acceptors (Lipinski definition) is 1. The number of anilines is 1. The molecule has 1 heterocycles. The van der Waals surface area contributed by atoms with E-state index in [1.165, 1.54) is 5.56 Å². The first kappa shape index (κ1) is 11.5. The van der Waals surface area contributed by atoms with Gasteiger partial charge in [-0.05, 0) is 30.4 Å². The Balaban J connectivity index is 2.10. The highest BCUT2D eigenvalue weighted by atomic mass is 35.5. The molecule has 1 aliphatic rings. The maximum Gasteiger partial charge on any atom is 0.224 e. The fourth-order valence-corrected chi connectivity index (χ4v) is 2.43. The third kappa shape index (κ3) is 2.56. The quantitative estimate of drug-likeness (QED) is 0.630. The van der Waals surface area contributed by atoms with Crippen molar-refractivity contribution in [2.75, 3.05) is 11.2 Å². The summed E-state index contributed by atoms with van der Waals surface area (Å²) < 4.78 is 0. The lowest BCUT2D eigenvalue weighted by molar-refractivity contribution is -0.116. The minimum Gasteiger partial charge on any atom is -0.326 e. The first-order valence-corrected chi connectivity index (χ1v) is 6.29. The first-order valence-electron chi connectivity index (χ1n) is 5.76. The van der Waals surface area contributed by atoms with E-state index in [4.69, 9.17) is 11.6 Å². The highest BCUT2D eigenvalue weighted by Gasteiger charge is 2.23. The molecule has 1 N–H and O–H groups in total. The van der Waals surface area contributed by atoms with E-state index in [9.17, 15) is 4.79 Å². The van der Waals surface area contributed by atoms with Gasteiger partial charge in [0, 0.05) is 18.0 Å². The second kappa shape index (κ2) is 5.35. The minimum absolute atomic E-state index is 0.134. The number of alkyl halides is 1. The zero-order valence-corrected chi connectivity index (χ0v) is 9.96. The summed E-state index contributed by atoms with van der Waals surface area (Å²) in [6.07, 6.45) is 3.79. The monoisotopic (exact) mass is 237 g/mol. The number of amides is 1. The molecule has 1 aromatic carbocycles. The van der Waals surface area contributed by atoms with E-state index >= 15 is 0 Å². The van der Waals surface area contributed by atoms with Crippen molar-refractivity contribution in [2.45, 2.75) is 31.6 Å². The van der Waals surface area contributed by atoms with Gasteiger partial charge in [0.25, 0.3) is 0 Å². The van der Waals surface area contributed by atoms with Crippen molar-refractivity contribution in [1.29, 1.82) is 0 Å². The zero-order valence-electron chi connectivity index (χ0n) is 9.21. The molecule has 0 aliphatic carbocycles. The van der Waals surface area contributed by atoms with E-state index in [1.807, 2.05) is 18.2 Å². The molecule has 16 heavy (non-hydrogen) atoms. The maximum atomic E-state index is 11.5. The van der Waals surface area contributed by atoms with Gasteiger partial charge in [0.1, 0.15) is 0 Å². The van der Waals surface area contributed by atoms with Gasteiger partial charge in [-0.15, -0.1) is 11.6 Å². The molecular formula is C13H16ClNO. The Hall–Kier alpha value is -1.02. The van der Waals surface area contributed by atoms with Gasteiger partial charge in [0.15, 0.2) is 0 Å². The maximum absolute atomic E-state index is 11.5. The topological polar surface area (TPSA) is 29.1 Å². The molecule has 0 saturated carbocycles. The predicted molar refractivity (Wildman–Crippen MR) is 67.0 cm³/mol. The number of carbonyl (C=O) groups excluding carboxylic acids is 1. The van der Waals surface area contributed by atoms with Crippen molar-refractivity contribution in [3.63, 3.8) is 0 Å². The van der Waals surface area contributed by atoms with Crippen LogP contribution in [0, 0.1) is 0 Å². The summed E-state index contributed by atoms with van der Waals surface area (Å²) in [5.41, 5.74) is 2.26. The molecule has 2 nitrogen and oxygen atoms in total. The predicted octanol–water partition coefficient (Wildman–Crippen LogP) is 3.52. The highest BCUT2D eigenvalue weighted by Crippen LogP contribution is 2.35. The Morgan fingerprint density at radius 1 is 1.31 bits per heavy atom. The van der Waals surface area contributed by atoms with E-state index in [1.54, 1.807) is 0 Å². The van der Waals surface area contributed by atoms with Crippen LogP contribution in [0.3, 0.4) is 0 Å². The van der Waals surface area contributed by atoms with Gasteiger partial charge < -0.3 is 5.32 Å². The lowest BCUT2D eigenvalue weighted by atomic mass is 9.87. The molecule has 0 saturated heterocycles.